The molecule has 0 aliphatic carbocycles. The molecule has 0 fully saturated rings. The second-order valence-electron chi connectivity index (χ2n) is 7.64. The minimum absolute atomic E-state index is 0.0714. The van der Waals surface area contributed by atoms with Gasteiger partial charge in [0.05, 0.1) is 25.8 Å². The van der Waals surface area contributed by atoms with Crippen LogP contribution >= 0.6 is 11.3 Å². The van der Waals surface area contributed by atoms with Crippen molar-refractivity contribution in [1.82, 2.24) is 15.3 Å². The number of benzene rings is 2. The van der Waals surface area contributed by atoms with E-state index in [9.17, 15) is 0 Å². The topological polar surface area (TPSA) is 68.3 Å². The molecule has 166 valence electrons. The van der Waals surface area contributed by atoms with Crippen LogP contribution in [0.15, 0.2) is 47.8 Å². The monoisotopic (exact) mass is 448 g/mol. The molecular weight excluding hydrogens is 420 g/mol. The number of rotatable bonds is 8. The molecular formula is C25H28N4O2S. The Morgan fingerprint density at radius 3 is 2.53 bits per heavy atom. The quantitative estimate of drug-likeness (QED) is 0.367. The summed E-state index contributed by atoms with van der Waals surface area (Å²) in [6.07, 6.45) is 0. The van der Waals surface area contributed by atoms with Gasteiger partial charge in [-0.25, -0.2) is 9.97 Å². The molecule has 2 aromatic heterocycles. The van der Waals surface area contributed by atoms with Crippen molar-refractivity contribution in [2.24, 2.45) is 0 Å². The SMILES string of the molecule is CNCc1ccccc1-c1cc(C(C)Nc2nc(C)nc3cc(OC)c(OC)cc23)cs1. The van der Waals surface area contributed by atoms with Crippen LogP contribution in [0.1, 0.15) is 29.9 Å². The number of hydrogen-bond acceptors (Lipinski definition) is 7. The average molecular weight is 449 g/mol. The van der Waals surface area contributed by atoms with Gasteiger partial charge in [0.25, 0.3) is 0 Å². The molecule has 0 aliphatic heterocycles. The Hall–Kier alpha value is -3.16. The normalized spacial score (nSPS) is 12.0. The van der Waals surface area contributed by atoms with E-state index in [1.807, 2.05) is 26.1 Å². The number of methoxy groups -OCH3 is 2. The first kappa shape index (κ1) is 22.0. The molecule has 0 amide bonds. The minimum Gasteiger partial charge on any atom is -0.493 e. The van der Waals surface area contributed by atoms with Crippen LogP contribution < -0.4 is 20.1 Å². The standard InChI is InChI=1S/C25H28N4O2S/c1-15(18-10-24(32-14-18)19-9-7-6-8-17(19)13-26-3)27-25-20-11-22(30-4)23(31-5)12-21(20)28-16(2)29-25/h6-12,14-15,26H,13H2,1-5H3,(H,27,28,29). The Kier molecular flexibility index (Phi) is 6.58. The molecule has 0 aliphatic rings. The zero-order valence-electron chi connectivity index (χ0n) is 19.0. The molecule has 1 unspecified atom stereocenters. The predicted molar refractivity (Wildman–Crippen MR) is 132 cm³/mol. The van der Waals surface area contributed by atoms with E-state index in [1.54, 1.807) is 25.6 Å². The smallest absolute Gasteiger partial charge is 0.162 e. The van der Waals surface area contributed by atoms with Crippen molar-refractivity contribution in [1.29, 1.82) is 0 Å². The van der Waals surface area contributed by atoms with Gasteiger partial charge in [0.2, 0.25) is 0 Å². The van der Waals surface area contributed by atoms with Crippen molar-refractivity contribution >= 4 is 28.1 Å². The van der Waals surface area contributed by atoms with Gasteiger partial charge in [-0.3, -0.25) is 0 Å². The highest BCUT2D eigenvalue weighted by Gasteiger charge is 2.16. The van der Waals surface area contributed by atoms with E-state index in [-0.39, 0.29) is 6.04 Å². The molecule has 2 N–H and O–H groups in total. The van der Waals surface area contributed by atoms with Gasteiger partial charge in [-0.05, 0) is 55.1 Å². The number of hydrogen-bond donors (Lipinski definition) is 2. The van der Waals surface area contributed by atoms with Gasteiger partial charge in [-0.1, -0.05) is 24.3 Å². The summed E-state index contributed by atoms with van der Waals surface area (Å²) < 4.78 is 10.9. The van der Waals surface area contributed by atoms with Gasteiger partial charge >= 0.3 is 0 Å². The van der Waals surface area contributed by atoms with Crippen LogP contribution in [0.3, 0.4) is 0 Å². The van der Waals surface area contributed by atoms with Gasteiger partial charge in [0.15, 0.2) is 11.5 Å². The Balaban J connectivity index is 1.66. The average Bonchev–Trinajstić information content (AvgIpc) is 3.29. The molecule has 32 heavy (non-hydrogen) atoms. The van der Waals surface area contributed by atoms with E-state index in [0.717, 1.165) is 23.3 Å². The second kappa shape index (κ2) is 9.54. The predicted octanol–water partition coefficient (Wildman–Crippen LogP) is 5.58. The van der Waals surface area contributed by atoms with Crippen molar-refractivity contribution in [3.63, 3.8) is 0 Å². The molecule has 2 aromatic carbocycles. The maximum atomic E-state index is 5.49. The summed E-state index contributed by atoms with van der Waals surface area (Å²) in [5, 5.41) is 9.95. The Morgan fingerprint density at radius 2 is 1.78 bits per heavy atom. The van der Waals surface area contributed by atoms with E-state index >= 15 is 0 Å². The second-order valence-corrected chi connectivity index (χ2v) is 8.55. The fourth-order valence-electron chi connectivity index (χ4n) is 3.79. The van der Waals surface area contributed by atoms with Gasteiger partial charge in [-0.15, -0.1) is 11.3 Å². The molecule has 6 nitrogen and oxygen atoms in total. The summed E-state index contributed by atoms with van der Waals surface area (Å²) in [5.41, 5.74) is 4.60. The first-order valence-electron chi connectivity index (χ1n) is 10.5. The fourth-order valence-corrected chi connectivity index (χ4v) is 4.86. The van der Waals surface area contributed by atoms with Crippen LogP contribution in [-0.2, 0) is 6.54 Å². The zero-order valence-corrected chi connectivity index (χ0v) is 19.8. The summed E-state index contributed by atoms with van der Waals surface area (Å²) in [5.74, 6) is 2.79. The molecule has 7 heteroatoms. The molecule has 0 radical (unpaired) electrons. The van der Waals surface area contributed by atoms with Crippen LogP contribution in [-0.4, -0.2) is 31.2 Å². The highest BCUT2D eigenvalue weighted by atomic mass is 32.1. The van der Waals surface area contributed by atoms with Gasteiger partial charge in [-0.2, -0.15) is 0 Å². The number of ether oxygens (including phenoxy) is 2. The molecule has 2 heterocycles. The molecule has 4 rings (SSSR count). The first-order valence-corrected chi connectivity index (χ1v) is 11.4. The molecule has 4 aromatic rings. The Bertz CT molecular complexity index is 1240. The van der Waals surface area contributed by atoms with Gasteiger partial charge in [0.1, 0.15) is 11.6 Å². The van der Waals surface area contributed by atoms with E-state index in [2.05, 4.69) is 63.2 Å². The van der Waals surface area contributed by atoms with Crippen molar-refractivity contribution in [3.8, 4) is 21.9 Å². The molecule has 0 spiro atoms. The third kappa shape index (κ3) is 4.40. The van der Waals surface area contributed by atoms with E-state index < -0.39 is 0 Å². The lowest BCUT2D eigenvalue weighted by Gasteiger charge is -2.17. The number of aryl methyl sites for hydroxylation is 1. The number of fused-ring (bicyclic) bond motifs is 1. The van der Waals surface area contributed by atoms with Crippen LogP contribution in [0.2, 0.25) is 0 Å². The van der Waals surface area contributed by atoms with Crippen LogP contribution in [0.4, 0.5) is 5.82 Å². The van der Waals surface area contributed by atoms with Crippen molar-refractivity contribution < 1.29 is 9.47 Å². The largest absolute Gasteiger partial charge is 0.493 e. The Morgan fingerprint density at radius 1 is 1.03 bits per heavy atom. The third-order valence-electron chi connectivity index (χ3n) is 5.44. The summed E-state index contributed by atoms with van der Waals surface area (Å²) in [4.78, 5) is 10.5. The number of aromatic nitrogens is 2. The number of nitrogens with zero attached hydrogens (tertiary/aromatic N) is 2. The highest BCUT2D eigenvalue weighted by molar-refractivity contribution is 7.13. The minimum atomic E-state index is 0.0714. The molecule has 0 bridgehead atoms. The molecule has 1 atom stereocenters. The maximum Gasteiger partial charge on any atom is 0.162 e. The van der Waals surface area contributed by atoms with Crippen molar-refractivity contribution in [2.45, 2.75) is 26.4 Å². The number of nitrogens with one attached hydrogen (secondary N) is 2. The van der Waals surface area contributed by atoms with Crippen molar-refractivity contribution in [3.05, 3.63) is 64.8 Å². The van der Waals surface area contributed by atoms with Gasteiger partial charge < -0.3 is 20.1 Å². The highest BCUT2D eigenvalue weighted by Crippen LogP contribution is 2.36. The molecule has 0 saturated carbocycles. The maximum absolute atomic E-state index is 5.49. The summed E-state index contributed by atoms with van der Waals surface area (Å²) in [7, 11) is 5.23. The lowest BCUT2D eigenvalue weighted by atomic mass is 10.0. The zero-order chi connectivity index (χ0) is 22.7. The number of anilines is 1. The number of thiophene rings is 1. The fraction of sp³-hybridized carbons (Fsp3) is 0.280. The summed E-state index contributed by atoms with van der Waals surface area (Å²) in [6.45, 7) is 4.89. The lowest BCUT2D eigenvalue weighted by Crippen LogP contribution is -2.09. The van der Waals surface area contributed by atoms with Crippen LogP contribution in [0.25, 0.3) is 21.3 Å². The van der Waals surface area contributed by atoms with E-state index in [4.69, 9.17) is 9.47 Å². The lowest BCUT2D eigenvalue weighted by molar-refractivity contribution is 0.356. The molecule has 0 saturated heterocycles. The third-order valence-corrected chi connectivity index (χ3v) is 6.42. The van der Waals surface area contributed by atoms with Crippen LogP contribution in [0, 0.1) is 6.92 Å². The Labute approximate surface area is 192 Å². The summed E-state index contributed by atoms with van der Waals surface area (Å²) >= 11 is 1.76. The van der Waals surface area contributed by atoms with Gasteiger partial charge in [0, 0.05) is 22.9 Å². The van der Waals surface area contributed by atoms with E-state index in [0.29, 0.717) is 17.3 Å². The van der Waals surface area contributed by atoms with E-state index in [1.165, 1.54) is 21.6 Å². The first-order chi connectivity index (χ1) is 15.5. The van der Waals surface area contributed by atoms with Crippen LogP contribution in [0.5, 0.6) is 11.5 Å². The van der Waals surface area contributed by atoms with Crippen molar-refractivity contribution in [2.75, 3.05) is 26.6 Å². The summed E-state index contributed by atoms with van der Waals surface area (Å²) in [6, 6.07) is 14.7.